The quantitative estimate of drug-likeness (QED) is 0.440. The van der Waals surface area contributed by atoms with Crippen molar-refractivity contribution in [3.63, 3.8) is 0 Å². The zero-order valence-corrected chi connectivity index (χ0v) is 8.86. The molecule has 0 fully saturated rings. The number of rotatable bonds is 5. The Hall–Kier alpha value is -2.13. The van der Waals surface area contributed by atoms with Crippen molar-refractivity contribution < 1.29 is 4.92 Å². The predicted molar refractivity (Wildman–Crippen MR) is 60.2 cm³/mol. The maximum absolute atomic E-state index is 10.8. The largest absolute Gasteiger partial charge is 0.378 e. The minimum Gasteiger partial charge on any atom is -0.378 e. The molecule has 0 heterocycles. The Kier molecular flexibility index (Phi) is 4.24. The third kappa shape index (κ3) is 2.68. The third-order valence-electron chi connectivity index (χ3n) is 2.03. The van der Waals surface area contributed by atoms with Crippen LogP contribution in [0.2, 0.25) is 0 Å². The summed E-state index contributed by atoms with van der Waals surface area (Å²) >= 11 is 0. The van der Waals surface area contributed by atoms with E-state index in [2.05, 4.69) is 10.6 Å². The number of nitro benzene ring substituents is 1. The van der Waals surface area contributed by atoms with Crippen LogP contribution in [0.5, 0.6) is 0 Å². The highest BCUT2D eigenvalue weighted by Gasteiger charge is 2.18. The molecule has 1 rings (SSSR count). The van der Waals surface area contributed by atoms with Gasteiger partial charge in [0.1, 0.15) is 17.3 Å². The lowest BCUT2D eigenvalue weighted by molar-refractivity contribution is -0.384. The molecule has 16 heavy (non-hydrogen) atoms. The normalized spacial score (nSPS) is 9.50. The highest BCUT2D eigenvalue weighted by Crippen LogP contribution is 2.27. The smallest absolute Gasteiger partial charge is 0.309 e. The summed E-state index contributed by atoms with van der Waals surface area (Å²) in [5, 5.41) is 25.4. The van der Waals surface area contributed by atoms with Crippen molar-refractivity contribution >= 4 is 11.4 Å². The van der Waals surface area contributed by atoms with Crippen LogP contribution in [0.15, 0.2) is 18.2 Å². The molecule has 0 aromatic heterocycles. The van der Waals surface area contributed by atoms with E-state index in [4.69, 9.17) is 5.26 Å². The maximum atomic E-state index is 10.8. The first-order valence-electron chi connectivity index (χ1n) is 4.76. The van der Waals surface area contributed by atoms with Crippen molar-refractivity contribution in [2.24, 2.45) is 0 Å². The van der Waals surface area contributed by atoms with Gasteiger partial charge < -0.3 is 10.6 Å². The molecule has 0 amide bonds. The molecular weight excluding hydrogens is 208 g/mol. The number of hydrogen-bond acceptors (Lipinski definition) is 5. The number of benzene rings is 1. The molecule has 1 aromatic carbocycles. The summed E-state index contributed by atoms with van der Waals surface area (Å²) in [7, 11) is 1.79. The summed E-state index contributed by atoms with van der Waals surface area (Å²) in [6.45, 7) is 1.25. The minimum absolute atomic E-state index is 0.0689. The van der Waals surface area contributed by atoms with E-state index in [0.29, 0.717) is 18.8 Å². The molecule has 0 aliphatic heterocycles. The van der Waals surface area contributed by atoms with Crippen LogP contribution in [0.3, 0.4) is 0 Å². The number of nitro groups is 1. The molecule has 0 spiro atoms. The van der Waals surface area contributed by atoms with E-state index in [1.165, 1.54) is 6.07 Å². The van der Waals surface area contributed by atoms with Crippen molar-refractivity contribution in [3.8, 4) is 6.07 Å². The maximum Gasteiger partial charge on any atom is 0.309 e. The molecule has 0 saturated carbocycles. The van der Waals surface area contributed by atoms with Crippen LogP contribution < -0.4 is 10.6 Å². The van der Waals surface area contributed by atoms with Crippen LogP contribution in [0.4, 0.5) is 11.4 Å². The topological polar surface area (TPSA) is 91.0 Å². The van der Waals surface area contributed by atoms with Gasteiger partial charge in [-0.25, -0.2) is 0 Å². The molecule has 0 bridgehead atoms. The van der Waals surface area contributed by atoms with Gasteiger partial charge in [-0.3, -0.25) is 10.1 Å². The lowest BCUT2D eigenvalue weighted by Gasteiger charge is -2.06. The molecule has 6 heteroatoms. The van der Waals surface area contributed by atoms with E-state index < -0.39 is 4.92 Å². The molecule has 84 valence electrons. The Morgan fingerprint density at radius 1 is 1.50 bits per heavy atom. The van der Waals surface area contributed by atoms with Gasteiger partial charge in [0.2, 0.25) is 0 Å². The first-order chi connectivity index (χ1) is 7.70. The third-order valence-corrected chi connectivity index (χ3v) is 2.03. The van der Waals surface area contributed by atoms with Crippen LogP contribution in [0, 0.1) is 21.4 Å². The summed E-state index contributed by atoms with van der Waals surface area (Å²) in [5.41, 5.74) is 0.278. The monoisotopic (exact) mass is 220 g/mol. The van der Waals surface area contributed by atoms with Crippen LogP contribution in [-0.2, 0) is 0 Å². The molecule has 6 nitrogen and oxygen atoms in total. The van der Waals surface area contributed by atoms with Crippen molar-refractivity contribution in [1.29, 1.82) is 5.26 Å². The zero-order valence-electron chi connectivity index (χ0n) is 8.86. The van der Waals surface area contributed by atoms with Crippen LogP contribution in [0.1, 0.15) is 5.56 Å². The Labute approximate surface area is 93.0 Å². The molecule has 0 aliphatic carbocycles. The highest BCUT2D eigenvalue weighted by atomic mass is 16.6. The highest BCUT2D eigenvalue weighted by molar-refractivity contribution is 5.68. The van der Waals surface area contributed by atoms with E-state index in [9.17, 15) is 10.1 Å². The standard InChI is InChI=1S/C10H12N4O2/c1-12-5-6-13-9-4-2-3-8(7-11)10(9)14(15)16/h2-4,12-13H,5-6H2,1H3. The van der Waals surface area contributed by atoms with Gasteiger partial charge >= 0.3 is 5.69 Å². The average Bonchev–Trinajstić information content (AvgIpc) is 2.28. The first-order valence-corrected chi connectivity index (χ1v) is 4.76. The molecule has 0 unspecified atom stereocenters. The summed E-state index contributed by atoms with van der Waals surface area (Å²) in [6.07, 6.45) is 0. The van der Waals surface area contributed by atoms with Crippen LogP contribution in [-0.4, -0.2) is 25.1 Å². The summed E-state index contributed by atoms with van der Waals surface area (Å²) in [4.78, 5) is 10.3. The van der Waals surface area contributed by atoms with E-state index in [-0.39, 0.29) is 11.3 Å². The average molecular weight is 220 g/mol. The fraction of sp³-hybridized carbons (Fsp3) is 0.300. The number of nitrogens with one attached hydrogen (secondary N) is 2. The number of likely N-dealkylation sites (N-methyl/N-ethyl adjacent to an activating group) is 1. The lowest BCUT2D eigenvalue weighted by Crippen LogP contribution is -2.18. The summed E-state index contributed by atoms with van der Waals surface area (Å²) < 4.78 is 0. The van der Waals surface area contributed by atoms with Crippen LogP contribution >= 0.6 is 0 Å². The van der Waals surface area contributed by atoms with E-state index in [1.54, 1.807) is 19.2 Å². The zero-order chi connectivity index (χ0) is 12.0. The first kappa shape index (κ1) is 11.9. The second kappa shape index (κ2) is 5.68. The molecule has 1 aromatic rings. The van der Waals surface area contributed by atoms with E-state index >= 15 is 0 Å². The van der Waals surface area contributed by atoms with Crippen molar-refractivity contribution in [2.45, 2.75) is 0 Å². The van der Waals surface area contributed by atoms with Gasteiger partial charge in [0.15, 0.2) is 0 Å². The second-order valence-corrected chi connectivity index (χ2v) is 3.10. The SMILES string of the molecule is CNCCNc1cccc(C#N)c1[N+](=O)[O-]. The Balaban J connectivity index is 2.99. The Morgan fingerprint density at radius 3 is 2.81 bits per heavy atom. The number of nitrogens with zero attached hydrogens (tertiary/aromatic N) is 2. The second-order valence-electron chi connectivity index (χ2n) is 3.10. The van der Waals surface area contributed by atoms with Gasteiger partial charge in [0.25, 0.3) is 0 Å². The summed E-state index contributed by atoms with van der Waals surface area (Å²) in [6, 6.07) is 6.45. The fourth-order valence-corrected chi connectivity index (χ4v) is 1.30. The van der Waals surface area contributed by atoms with E-state index in [1.807, 2.05) is 6.07 Å². The number of anilines is 1. The lowest BCUT2D eigenvalue weighted by atomic mass is 10.1. The molecule has 2 N–H and O–H groups in total. The van der Waals surface area contributed by atoms with Gasteiger partial charge in [-0.2, -0.15) is 5.26 Å². The van der Waals surface area contributed by atoms with Gasteiger partial charge in [-0.05, 0) is 19.2 Å². The number of nitriles is 1. The van der Waals surface area contributed by atoms with Crippen molar-refractivity contribution in [2.75, 3.05) is 25.5 Å². The van der Waals surface area contributed by atoms with Crippen molar-refractivity contribution in [3.05, 3.63) is 33.9 Å². The molecule has 0 aliphatic rings. The van der Waals surface area contributed by atoms with Gasteiger partial charge in [0.05, 0.1) is 4.92 Å². The molecular formula is C10H12N4O2. The predicted octanol–water partition coefficient (Wildman–Crippen LogP) is 1.10. The Bertz CT molecular complexity index is 425. The van der Waals surface area contributed by atoms with Crippen LogP contribution in [0.25, 0.3) is 0 Å². The minimum atomic E-state index is -0.541. The van der Waals surface area contributed by atoms with Gasteiger partial charge in [-0.1, -0.05) is 6.07 Å². The van der Waals surface area contributed by atoms with Crippen molar-refractivity contribution in [1.82, 2.24) is 5.32 Å². The molecule has 0 saturated heterocycles. The number of hydrogen-bond donors (Lipinski definition) is 2. The molecule has 0 atom stereocenters. The Morgan fingerprint density at radius 2 is 2.25 bits per heavy atom. The number of para-hydroxylation sites is 1. The van der Waals surface area contributed by atoms with Gasteiger partial charge in [-0.15, -0.1) is 0 Å². The summed E-state index contributed by atoms with van der Waals surface area (Å²) in [5.74, 6) is 0. The van der Waals surface area contributed by atoms with Gasteiger partial charge in [0, 0.05) is 13.1 Å². The molecule has 0 radical (unpaired) electrons. The van der Waals surface area contributed by atoms with E-state index in [0.717, 1.165) is 0 Å². The fourth-order valence-electron chi connectivity index (χ4n) is 1.30.